The topological polar surface area (TPSA) is 20.2 Å². The smallest absolute Gasteiger partial charge is 0.118 e. The molecule has 2 aromatic carbocycles. The molecule has 2 aromatic rings. The Morgan fingerprint density at radius 2 is 1.87 bits per heavy atom. The van der Waals surface area contributed by atoms with Crippen molar-refractivity contribution >= 4 is 10.8 Å². The Labute approximate surface area is 89.4 Å². The highest BCUT2D eigenvalue weighted by Gasteiger charge is 2.01. The zero-order chi connectivity index (χ0) is 10.7. The van der Waals surface area contributed by atoms with E-state index in [9.17, 15) is 5.11 Å². The van der Waals surface area contributed by atoms with Gasteiger partial charge in [-0.1, -0.05) is 48.4 Å². The average molecular weight is 196 g/mol. The summed E-state index contributed by atoms with van der Waals surface area (Å²) in [5.74, 6) is 2.32. The lowest BCUT2D eigenvalue weighted by Gasteiger charge is -2.05. The van der Waals surface area contributed by atoms with Crippen LogP contribution in [0, 0.1) is 12.3 Å². The molecule has 0 amide bonds. The molecule has 0 aliphatic heterocycles. The molecular weight excluding hydrogens is 184 g/mol. The van der Waals surface area contributed by atoms with Crippen molar-refractivity contribution in [2.24, 2.45) is 0 Å². The van der Waals surface area contributed by atoms with Crippen LogP contribution in [-0.2, 0) is 6.42 Å². The molecule has 2 rings (SSSR count). The second-order valence-electron chi connectivity index (χ2n) is 3.57. The molecule has 0 aliphatic rings. The highest BCUT2D eigenvalue weighted by molar-refractivity contribution is 5.82. The van der Waals surface area contributed by atoms with E-state index in [0.717, 1.165) is 5.56 Å². The first kappa shape index (κ1) is 9.76. The molecule has 0 bridgehead atoms. The van der Waals surface area contributed by atoms with Gasteiger partial charge in [0.25, 0.3) is 0 Å². The van der Waals surface area contributed by atoms with Crippen LogP contribution in [0.4, 0.5) is 0 Å². The van der Waals surface area contributed by atoms with Gasteiger partial charge in [0, 0.05) is 6.42 Å². The number of terminal acetylenes is 1. The summed E-state index contributed by atoms with van der Waals surface area (Å²) in [5.41, 5.74) is 1.07. The van der Waals surface area contributed by atoms with Gasteiger partial charge in [0.05, 0.1) is 0 Å². The highest BCUT2D eigenvalue weighted by atomic mass is 16.3. The van der Waals surface area contributed by atoms with Gasteiger partial charge in [-0.3, -0.25) is 0 Å². The van der Waals surface area contributed by atoms with Crippen molar-refractivity contribution in [2.75, 3.05) is 0 Å². The Kier molecular flexibility index (Phi) is 2.71. The third-order valence-electron chi connectivity index (χ3n) is 2.44. The van der Waals surface area contributed by atoms with E-state index in [4.69, 9.17) is 6.42 Å². The normalized spacial score (nSPS) is 12.3. The van der Waals surface area contributed by atoms with Crippen LogP contribution < -0.4 is 0 Å². The fraction of sp³-hybridized carbons (Fsp3) is 0.143. The first-order valence-electron chi connectivity index (χ1n) is 4.91. The predicted octanol–water partition coefficient (Wildman–Crippen LogP) is 2.38. The minimum Gasteiger partial charge on any atom is -0.380 e. The van der Waals surface area contributed by atoms with Gasteiger partial charge in [-0.05, 0) is 16.3 Å². The summed E-state index contributed by atoms with van der Waals surface area (Å²) in [6, 6.07) is 14.3. The summed E-state index contributed by atoms with van der Waals surface area (Å²) in [6.45, 7) is 0. The molecule has 0 fully saturated rings. The van der Waals surface area contributed by atoms with Crippen LogP contribution in [0.3, 0.4) is 0 Å². The lowest BCUT2D eigenvalue weighted by atomic mass is 10.0. The Bertz CT molecular complexity index is 508. The van der Waals surface area contributed by atoms with Crippen LogP contribution in [0.15, 0.2) is 42.5 Å². The van der Waals surface area contributed by atoms with E-state index in [2.05, 4.69) is 24.1 Å². The maximum Gasteiger partial charge on any atom is 0.118 e. The Balaban J connectivity index is 2.35. The number of hydrogen-bond acceptors (Lipinski definition) is 1. The summed E-state index contributed by atoms with van der Waals surface area (Å²) in [5, 5.41) is 11.7. The van der Waals surface area contributed by atoms with E-state index >= 15 is 0 Å². The number of hydrogen-bond donors (Lipinski definition) is 1. The van der Waals surface area contributed by atoms with Gasteiger partial charge < -0.3 is 5.11 Å². The summed E-state index contributed by atoms with van der Waals surface area (Å²) < 4.78 is 0. The Morgan fingerprint density at radius 3 is 2.60 bits per heavy atom. The summed E-state index contributed by atoms with van der Waals surface area (Å²) in [6.07, 6.45) is 4.96. The Hall–Kier alpha value is -1.78. The highest BCUT2D eigenvalue weighted by Crippen LogP contribution is 2.16. The molecular formula is C14H12O. The maximum atomic E-state index is 9.35. The summed E-state index contributed by atoms with van der Waals surface area (Å²) >= 11 is 0. The van der Waals surface area contributed by atoms with Crippen molar-refractivity contribution in [1.29, 1.82) is 0 Å². The van der Waals surface area contributed by atoms with E-state index in [1.165, 1.54) is 10.8 Å². The van der Waals surface area contributed by atoms with Gasteiger partial charge >= 0.3 is 0 Å². The molecule has 15 heavy (non-hydrogen) atoms. The first-order valence-corrected chi connectivity index (χ1v) is 4.91. The molecule has 0 aromatic heterocycles. The van der Waals surface area contributed by atoms with E-state index in [1.807, 2.05) is 24.3 Å². The van der Waals surface area contributed by atoms with E-state index in [0.29, 0.717) is 6.42 Å². The third kappa shape index (κ3) is 2.18. The fourth-order valence-corrected chi connectivity index (χ4v) is 1.65. The number of aliphatic hydroxyl groups is 1. The number of rotatable bonds is 2. The first-order chi connectivity index (χ1) is 7.29. The van der Waals surface area contributed by atoms with Crippen molar-refractivity contribution in [1.82, 2.24) is 0 Å². The number of benzene rings is 2. The van der Waals surface area contributed by atoms with Crippen LogP contribution in [-0.4, -0.2) is 11.2 Å². The van der Waals surface area contributed by atoms with Crippen molar-refractivity contribution in [3.05, 3.63) is 48.0 Å². The van der Waals surface area contributed by atoms with E-state index < -0.39 is 6.10 Å². The molecule has 1 atom stereocenters. The van der Waals surface area contributed by atoms with Crippen LogP contribution in [0.2, 0.25) is 0 Å². The zero-order valence-electron chi connectivity index (χ0n) is 8.35. The number of aliphatic hydroxyl groups excluding tert-OH is 1. The predicted molar refractivity (Wildman–Crippen MR) is 62.5 cm³/mol. The maximum absolute atomic E-state index is 9.35. The fourth-order valence-electron chi connectivity index (χ4n) is 1.65. The standard InChI is InChI=1S/C14H12O/c1-2-14(15)10-11-7-8-12-5-3-4-6-13(12)9-11/h1,3-9,14-15H,10H2. The van der Waals surface area contributed by atoms with Gasteiger partial charge in [0.15, 0.2) is 0 Å². The summed E-state index contributed by atoms with van der Waals surface area (Å²) in [4.78, 5) is 0. The van der Waals surface area contributed by atoms with Gasteiger partial charge in [-0.2, -0.15) is 0 Å². The van der Waals surface area contributed by atoms with Crippen molar-refractivity contribution in [3.63, 3.8) is 0 Å². The third-order valence-corrected chi connectivity index (χ3v) is 2.44. The molecule has 1 unspecified atom stereocenters. The monoisotopic (exact) mass is 196 g/mol. The minimum absolute atomic E-state index is 0.515. The largest absolute Gasteiger partial charge is 0.380 e. The molecule has 1 nitrogen and oxygen atoms in total. The lowest BCUT2D eigenvalue weighted by molar-refractivity contribution is 0.233. The summed E-state index contributed by atoms with van der Waals surface area (Å²) in [7, 11) is 0. The molecule has 0 radical (unpaired) electrons. The number of fused-ring (bicyclic) bond motifs is 1. The van der Waals surface area contributed by atoms with Gasteiger partial charge in [0.1, 0.15) is 6.10 Å². The zero-order valence-corrected chi connectivity index (χ0v) is 8.35. The molecule has 0 saturated carbocycles. The quantitative estimate of drug-likeness (QED) is 0.731. The molecule has 0 spiro atoms. The van der Waals surface area contributed by atoms with Crippen LogP contribution >= 0.6 is 0 Å². The Morgan fingerprint density at radius 1 is 1.13 bits per heavy atom. The average Bonchev–Trinajstić information content (AvgIpc) is 2.29. The van der Waals surface area contributed by atoms with E-state index in [-0.39, 0.29) is 0 Å². The lowest BCUT2D eigenvalue weighted by Crippen LogP contribution is -2.06. The SMILES string of the molecule is C#CC(O)Cc1ccc2ccccc2c1. The molecule has 0 saturated heterocycles. The van der Waals surface area contributed by atoms with Gasteiger partial charge in [-0.25, -0.2) is 0 Å². The van der Waals surface area contributed by atoms with Crippen molar-refractivity contribution in [3.8, 4) is 12.3 Å². The molecule has 0 aliphatic carbocycles. The van der Waals surface area contributed by atoms with Crippen LogP contribution in [0.25, 0.3) is 10.8 Å². The van der Waals surface area contributed by atoms with E-state index in [1.54, 1.807) is 0 Å². The van der Waals surface area contributed by atoms with Crippen molar-refractivity contribution in [2.45, 2.75) is 12.5 Å². The second-order valence-corrected chi connectivity index (χ2v) is 3.57. The van der Waals surface area contributed by atoms with Crippen LogP contribution in [0.5, 0.6) is 0 Å². The van der Waals surface area contributed by atoms with Gasteiger partial charge in [0.2, 0.25) is 0 Å². The van der Waals surface area contributed by atoms with Gasteiger partial charge in [-0.15, -0.1) is 6.42 Å². The van der Waals surface area contributed by atoms with Crippen molar-refractivity contribution < 1.29 is 5.11 Å². The minimum atomic E-state index is -0.689. The second kappa shape index (κ2) is 4.16. The molecule has 1 N–H and O–H groups in total. The van der Waals surface area contributed by atoms with Crippen LogP contribution in [0.1, 0.15) is 5.56 Å². The molecule has 1 heteroatoms. The molecule has 0 heterocycles. The molecule has 74 valence electrons.